The van der Waals surface area contributed by atoms with E-state index in [1.54, 1.807) is 0 Å². The predicted molar refractivity (Wildman–Crippen MR) is 96.8 cm³/mol. The minimum Gasteiger partial charge on any atom is -0.493 e. The molecule has 1 saturated carbocycles. The number of fused-ring (bicyclic) bond motifs is 1. The molecule has 0 bridgehead atoms. The van der Waals surface area contributed by atoms with E-state index in [9.17, 15) is 0 Å². The quantitative estimate of drug-likeness (QED) is 0.776. The second kappa shape index (κ2) is 6.70. The summed E-state index contributed by atoms with van der Waals surface area (Å²) in [4.78, 5) is 0. The lowest BCUT2D eigenvalue weighted by atomic mass is 9.74. The Morgan fingerprint density at radius 3 is 2.27 bits per heavy atom. The van der Waals surface area contributed by atoms with Crippen LogP contribution in [0.1, 0.15) is 67.7 Å². The van der Waals surface area contributed by atoms with Crippen LogP contribution in [0.3, 0.4) is 0 Å². The van der Waals surface area contributed by atoms with Gasteiger partial charge in [0.15, 0.2) is 0 Å². The largest absolute Gasteiger partial charge is 0.493 e. The summed E-state index contributed by atoms with van der Waals surface area (Å²) in [5, 5.41) is 3.98. The van der Waals surface area contributed by atoms with Crippen molar-refractivity contribution in [1.82, 2.24) is 0 Å². The molecule has 1 aromatic rings. The average molecular weight is 324 g/mol. The van der Waals surface area contributed by atoms with Gasteiger partial charge in [0.05, 0.1) is 6.61 Å². The highest BCUT2D eigenvalue weighted by molar-refractivity contribution is 5.85. The van der Waals surface area contributed by atoms with Crippen molar-refractivity contribution >= 4 is 18.1 Å². The lowest BCUT2D eigenvalue weighted by Crippen LogP contribution is -2.44. The molecule has 0 radical (unpaired) electrons. The van der Waals surface area contributed by atoms with Crippen molar-refractivity contribution in [2.24, 2.45) is 0 Å². The standard InChI is InChI=1S/C19H29NO.ClH/c1-5-21-18-14(3)13(2)17-16(15(18)4)9-12-19(20-17)10-7-6-8-11-19;/h20H,5-12H2,1-4H3;1H. The van der Waals surface area contributed by atoms with E-state index in [0.717, 1.165) is 12.4 Å². The highest BCUT2D eigenvalue weighted by Gasteiger charge is 2.36. The van der Waals surface area contributed by atoms with Gasteiger partial charge in [-0.1, -0.05) is 19.3 Å². The fraction of sp³-hybridized carbons (Fsp3) is 0.684. The van der Waals surface area contributed by atoms with Gasteiger partial charge in [0.2, 0.25) is 0 Å². The third kappa shape index (κ3) is 2.82. The number of ether oxygens (including phenoxy) is 1. The molecule has 22 heavy (non-hydrogen) atoms. The van der Waals surface area contributed by atoms with E-state index < -0.39 is 0 Å². The molecular weight excluding hydrogens is 294 g/mol. The Labute approximate surface area is 141 Å². The Morgan fingerprint density at radius 1 is 0.955 bits per heavy atom. The summed E-state index contributed by atoms with van der Waals surface area (Å²) < 4.78 is 5.92. The number of anilines is 1. The average Bonchev–Trinajstić information content (AvgIpc) is 2.50. The van der Waals surface area contributed by atoms with E-state index >= 15 is 0 Å². The number of hydrogen-bond donors (Lipinski definition) is 1. The minimum absolute atomic E-state index is 0. The lowest BCUT2D eigenvalue weighted by Gasteiger charge is -2.44. The van der Waals surface area contributed by atoms with Gasteiger partial charge in [-0.15, -0.1) is 12.4 Å². The highest BCUT2D eigenvalue weighted by atomic mass is 35.5. The van der Waals surface area contributed by atoms with Crippen LogP contribution in [-0.4, -0.2) is 12.1 Å². The van der Waals surface area contributed by atoms with Crippen LogP contribution in [0.2, 0.25) is 0 Å². The van der Waals surface area contributed by atoms with Crippen LogP contribution < -0.4 is 10.1 Å². The first-order chi connectivity index (χ1) is 10.1. The number of halogens is 1. The normalized spacial score (nSPS) is 19.1. The number of nitrogens with one attached hydrogen (secondary N) is 1. The molecule has 0 atom stereocenters. The zero-order chi connectivity index (χ0) is 15.0. The summed E-state index contributed by atoms with van der Waals surface area (Å²) in [6.45, 7) is 9.51. The maximum Gasteiger partial charge on any atom is 0.125 e. The van der Waals surface area contributed by atoms with Gasteiger partial charge < -0.3 is 10.1 Å². The van der Waals surface area contributed by atoms with E-state index in [0.29, 0.717) is 5.54 Å². The summed E-state index contributed by atoms with van der Waals surface area (Å²) in [5.74, 6) is 1.12. The first kappa shape index (κ1) is 17.5. The van der Waals surface area contributed by atoms with Crippen molar-refractivity contribution in [3.05, 3.63) is 22.3 Å². The van der Waals surface area contributed by atoms with E-state index in [1.165, 1.54) is 72.9 Å². The van der Waals surface area contributed by atoms with Crippen molar-refractivity contribution in [3.8, 4) is 5.75 Å². The summed E-state index contributed by atoms with van der Waals surface area (Å²) in [6, 6.07) is 0. The second-order valence-corrected chi connectivity index (χ2v) is 6.96. The first-order valence-corrected chi connectivity index (χ1v) is 8.61. The van der Waals surface area contributed by atoms with Gasteiger partial charge >= 0.3 is 0 Å². The molecule has 2 aliphatic rings. The van der Waals surface area contributed by atoms with Crippen LogP contribution in [-0.2, 0) is 6.42 Å². The molecule has 3 heteroatoms. The fourth-order valence-electron chi connectivity index (χ4n) is 4.33. The third-order valence-corrected chi connectivity index (χ3v) is 5.72. The van der Waals surface area contributed by atoms with E-state index in [-0.39, 0.29) is 12.4 Å². The molecule has 3 rings (SSSR count). The molecule has 1 aliphatic heterocycles. The van der Waals surface area contributed by atoms with Crippen molar-refractivity contribution in [3.63, 3.8) is 0 Å². The van der Waals surface area contributed by atoms with Gasteiger partial charge in [-0.3, -0.25) is 0 Å². The maximum absolute atomic E-state index is 5.92. The molecule has 0 unspecified atom stereocenters. The van der Waals surface area contributed by atoms with Crippen LogP contribution in [0.5, 0.6) is 5.75 Å². The molecular formula is C19H30ClNO. The van der Waals surface area contributed by atoms with Crippen LogP contribution in [0.25, 0.3) is 0 Å². The SMILES string of the molecule is CCOc1c(C)c(C)c2c(c1C)CCC1(CCCCC1)N2.Cl. The fourth-order valence-corrected chi connectivity index (χ4v) is 4.33. The number of rotatable bonds is 2. The van der Waals surface area contributed by atoms with E-state index in [1.807, 2.05) is 0 Å². The predicted octanol–water partition coefficient (Wildman–Crippen LogP) is 5.49. The summed E-state index contributed by atoms with van der Waals surface area (Å²) in [5.41, 5.74) is 7.35. The van der Waals surface area contributed by atoms with Crippen LogP contribution in [0.4, 0.5) is 5.69 Å². The van der Waals surface area contributed by atoms with Crippen LogP contribution in [0, 0.1) is 20.8 Å². The monoisotopic (exact) mass is 323 g/mol. The highest BCUT2D eigenvalue weighted by Crippen LogP contribution is 2.45. The van der Waals surface area contributed by atoms with Crippen molar-refractivity contribution < 1.29 is 4.74 Å². The molecule has 124 valence electrons. The molecule has 1 aromatic carbocycles. The molecule has 1 N–H and O–H groups in total. The molecule has 0 saturated heterocycles. The Hall–Kier alpha value is -0.890. The topological polar surface area (TPSA) is 21.3 Å². The van der Waals surface area contributed by atoms with Gasteiger partial charge in [0, 0.05) is 11.2 Å². The first-order valence-electron chi connectivity index (χ1n) is 8.61. The van der Waals surface area contributed by atoms with E-state index in [4.69, 9.17) is 4.74 Å². The molecule has 1 aliphatic carbocycles. The minimum atomic E-state index is 0. The Balaban J connectivity index is 0.00000176. The van der Waals surface area contributed by atoms with Gasteiger partial charge in [0.1, 0.15) is 5.75 Å². The zero-order valence-electron chi connectivity index (χ0n) is 14.5. The number of benzene rings is 1. The van der Waals surface area contributed by atoms with Gasteiger partial charge in [-0.2, -0.15) is 0 Å². The van der Waals surface area contributed by atoms with Gasteiger partial charge in [0.25, 0.3) is 0 Å². The smallest absolute Gasteiger partial charge is 0.125 e. The molecule has 1 spiro atoms. The second-order valence-electron chi connectivity index (χ2n) is 6.96. The molecule has 0 aromatic heterocycles. The molecule has 1 heterocycles. The number of hydrogen-bond acceptors (Lipinski definition) is 2. The Kier molecular flexibility index (Phi) is 5.32. The summed E-state index contributed by atoms with van der Waals surface area (Å²) in [7, 11) is 0. The molecule has 0 amide bonds. The van der Waals surface area contributed by atoms with Crippen molar-refractivity contribution in [1.29, 1.82) is 0 Å². The third-order valence-electron chi connectivity index (χ3n) is 5.72. The van der Waals surface area contributed by atoms with Crippen LogP contribution >= 0.6 is 12.4 Å². The van der Waals surface area contributed by atoms with Crippen molar-refractivity contribution in [2.75, 3.05) is 11.9 Å². The summed E-state index contributed by atoms with van der Waals surface area (Å²) >= 11 is 0. The Morgan fingerprint density at radius 2 is 1.64 bits per heavy atom. The van der Waals surface area contributed by atoms with Crippen molar-refractivity contribution in [2.45, 2.75) is 78.2 Å². The zero-order valence-corrected chi connectivity index (χ0v) is 15.3. The van der Waals surface area contributed by atoms with Gasteiger partial charge in [-0.05, 0) is 75.6 Å². The van der Waals surface area contributed by atoms with Gasteiger partial charge in [-0.25, -0.2) is 0 Å². The maximum atomic E-state index is 5.92. The molecule has 2 nitrogen and oxygen atoms in total. The van der Waals surface area contributed by atoms with E-state index in [2.05, 4.69) is 33.0 Å². The van der Waals surface area contributed by atoms with Crippen LogP contribution in [0.15, 0.2) is 0 Å². The lowest BCUT2D eigenvalue weighted by molar-refractivity contribution is 0.296. The Bertz CT molecular complexity index is 547. The summed E-state index contributed by atoms with van der Waals surface area (Å²) in [6.07, 6.45) is 9.36. The molecule has 1 fully saturated rings.